The summed E-state index contributed by atoms with van der Waals surface area (Å²) >= 11 is 8.01. The molecule has 15 nitrogen and oxygen atoms in total. The maximum Gasteiger partial charge on any atom is 0.469 e. The number of phosphoric acid groups is 1. The zero-order valence-electron chi connectivity index (χ0n) is 43.2. The molecule has 0 spiro atoms. The maximum absolute atomic E-state index is 15.1. The molecule has 3 saturated heterocycles. The number of carbonyl (C=O) groups is 1. The minimum absolute atomic E-state index is 0.00803. The van der Waals surface area contributed by atoms with E-state index >= 15 is 4.57 Å². The van der Waals surface area contributed by atoms with Crippen molar-refractivity contribution in [3.05, 3.63) is 143 Å². The number of sulfone groups is 1. The highest BCUT2D eigenvalue weighted by molar-refractivity contribution is 7.99. The van der Waals surface area contributed by atoms with Crippen LogP contribution in [0.4, 0.5) is 17.1 Å². The SMILES string of the molecule is Cc1c(C(=O)O)c(-c2cccc(N3CCN(c4ccc(N5CCO[P@@]5(=O)c5ccc(C[C@H](CCN6CCC(OP(=O)(O)O)CC6)CSc6ccccc6)c(S(C)(=O)=O)c5)cc4)CC3)c2)c(-c2ccc(Cl)cc2)n1C(C)C. The number of hydrogen-bond donors (Lipinski definition) is 3. The van der Waals surface area contributed by atoms with Crippen molar-refractivity contribution in [1.29, 1.82) is 0 Å². The lowest BCUT2D eigenvalue weighted by molar-refractivity contribution is 0.0686. The summed E-state index contributed by atoms with van der Waals surface area (Å²) in [4.78, 5) is 39.7. The number of phosphoric ester groups is 1. The van der Waals surface area contributed by atoms with Crippen LogP contribution < -0.4 is 19.8 Å². The molecule has 9 rings (SSSR count). The number of piperidine rings is 1. The Balaban J connectivity index is 0.885. The summed E-state index contributed by atoms with van der Waals surface area (Å²) in [6.45, 7) is 11.5. The molecule has 0 amide bonds. The molecule has 0 bridgehead atoms. The van der Waals surface area contributed by atoms with Crippen molar-refractivity contribution in [3.8, 4) is 22.4 Å². The fraction of sp³-hybridized carbons (Fsp3) is 0.375. The lowest BCUT2D eigenvalue weighted by Gasteiger charge is -2.37. The highest BCUT2D eigenvalue weighted by Gasteiger charge is 2.41. The van der Waals surface area contributed by atoms with Crippen LogP contribution in [0.15, 0.2) is 131 Å². The molecule has 3 aliphatic heterocycles. The van der Waals surface area contributed by atoms with E-state index in [4.69, 9.17) is 20.6 Å². The quantitative estimate of drug-likeness (QED) is 0.0514. The van der Waals surface area contributed by atoms with Crippen molar-refractivity contribution in [1.82, 2.24) is 9.47 Å². The summed E-state index contributed by atoms with van der Waals surface area (Å²) in [7, 11) is -12.1. The smallest absolute Gasteiger partial charge is 0.469 e. The maximum atomic E-state index is 15.1. The molecule has 3 fully saturated rings. The minimum Gasteiger partial charge on any atom is -0.478 e. The second-order valence-electron chi connectivity index (χ2n) is 20.2. The summed E-state index contributed by atoms with van der Waals surface area (Å²) in [6, 6.07) is 38.8. The highest BCUT2D eigenvalue weighted by Crippen LogP contribution is 2.56. The Hall–Kier alpha value is -4.90. The molecule has 0 aliphatic carbocycles. The van der Waals surface area contributed by atoms with Crippen LogP contribution in [-0.4, -0.2) is 116 Å². The van der Waals surface area contributed by atoms with Gasteiger partial charge in [0, 0.05) is 95.6 Å². The topological polar surface area (TPSA) is 182 Å². The largest absolute Gasteiger partial charge is 0.478 e. The van der Waals surface area contributed by atoms with Crippen LogP contribution in [0.3, 0.4) is 0 Å². The fourth-order valence-electron chi connectivity index (χ4n) is 11.0. The molecule has 4 heterocycles. The summed E-state index contributed by atoms with van der Waals surface area (Å²) < 4.78 is 68.6. The van der Waals surface area contributed by atoms with Gasteiger partial charge in [-0.3, -0.25) is 13.8 Å². The Morgan fingerprint density at radius 3 is 2.12 bits per heavy atom. The van der Waals surface area contributed by atoms with Crippen LogP contribution in [0, 0.1) is 12.8 Å². The zero-order chi connectivity index (χ0) is 53.9. The van der Waals surface area contributed by atoms with Crippen molar-refractivity contribution in [2.45, 2.75) is 68.4 Å². The van der Waals surface area contributed by atoms with Crippen molar-refractivity contribution in [2.75, 3.05) is 85.4 Å². The molecule has 1 aromatic heterocycles. The third-order valence-electron chi connectivity index (χ3n) is 14.7. The Kier molecular flexibility index (Phi) is 17.3. The average molecular weight is 1130 g/mol. The Morgan fingerprint density at radius 1 is 0.829 bits per heavy atom. The molecular weight excluding hydrogens is 1060 g/mol. The van der Waals surface area contributed by atoms with Gasteiger partial charge in [0.1, 0.15) is 0 Å². The van der Waals surface area contributed by atoms with Gasteiger partial charge < -0.3 is 38.7 Å². The third kappa shape index (κ3) is 12.8. The van der Waals surface area contributed by atoms with E-state index in [1.165, 1.54) is 6.26 Å². The number of likely N-dealkylation sites (tertiary alicyclic amines) is 1. The first-order chi connectivity index (χ1) is 36.3. The summed E-state index contributed by atoms with van der Waals surface area (Å²) in [6.07, 6.45) is 2.96. The number of benzene rings is 5. The number of aromatic carboxylic acids is 1. The van der Waals surface area contributed by atoms with Gasteiger partial charge in [0.05, 0.1) is 40.7 Å². The molecule has 5 aromatic carbocycles. The molecule has 76 heavy (non-hydrogen) atoms. The Bertz CT molecular complexity index is 3230. The van der Waals surface area contributed by atoms with Crippen molar-refractivity contribution in [3.63, 3.8) is 0 Å². The van der Waals surface area contributed by atoms with E-state index in [0.29, 0.717) is 71.7 Å². The van der Waals surface area contributed by atoms with Crippen LogP contribution >= 0.6 is 38.7 Å². The predicted octanol–water partition coefficient (Wildman–Crippen LogP) is 11.1. The van der Waals surface area contributed by atoms with E-state index in [1.54, 1.807) is 34.6 Å². The number of nitrogens with zero attached hydrogens (tertiary/aromatic N) is 5. The van der Waals surface area contributed by atoms with Gasteiger partial charge in [0.2, 0.25) is 0 Å². The molecule has 0 unspecified atom stereocenters. The Labute approximate surface area is 455 Å². The fourth-order valence-corrected chi connectivity index (χ4v) is 16.0. The van der Waals surface area contributed by atoms with E-state index in [-0.39, 0.29) is 29.0 Å². The van der Waals surface area contributed by atoms with Gasteiger partial charge in [-0.2, -0.15) is 0 Å². The molecule has 2 atom stereocenters. The van der Waals surface area contributed by atoms with Gasteiger partial charge in [-0.25, -0.2) is 17.8 Å². The van der Waals surface area contributed by atoms with E-state index in [9.17, 15) is 32.7 Å². The molecule has 3 N–H and O–H groups in total. The molecule has 404 valence electrons. The van der Waals surface area contributed by atoms with E-state index < -0.39 is 37.3 Å². The Morgan fingerprint density at radius 2 is 1.49 bits per heavy atom. The molecule has 0 saturated carbocycles. The summed E-state index contributed by atoms with van der Waals surface area (Å²) in [5.41, 5.74) is 7.59. The van der Waals surface area contributed by atoms with E-state index in [0.717, 1.165) is 78.0 Å². The number of thioether (sulfide) groups is 1. The van der Waals surface area contributed by atoms with Crippen LogP contribution in [-0.2, 0) is 34.4 Å². The standard InChI is InChI=1S/C56H66ClN5O10P2S2/c1-39(2)62-40(3)53(56(63)64)54(55(62)42-13-16-45(57)17-14-42)44-9-8-10-48(36-44)60-31-29-59(30-32-60)46-18-20-47(21-19-46)61-33-34-71-73(61,65)50-22-15-43(52(37-50)76(4,69)70)35-41(38-75-51-11-6-5-7-12-51)23-26-58-27-24-49(25-28-58)72-74(66,67)68/h5-22,36-37,39,41,49H,23-35,38H2,1-4H3,(H,63,64)(H2,66,67,68)/t41-,73-/m0/s1. The molecule has 3 aliphatic rings. The first kappa shape index (κ1) is 55.8. The van der Waals surface area contributed by atoms with E-state index in [2.05, 4.69) is 57.4 Å². The molecule has 0 radical (unpaired) electrons. The number of rotatable bonds is 19. The van der Waals surface area contributed by atoms with Gasteiger partial charge >= 0.3 is 21.3 Å². The van der Waals surface area contributed by atoms with E-state index in [1.807, 2.05) is 85.8 Å². The first-order valence-corrected chi connectivity index (χ1v) is 32.1. The summed E-state index contributed by atoms with van der Waals surface area (Å²) in [5.74, 6) is -0.164. The normalized spacial score (nSPS) is 18.4. The second-order valence-corrected chi connectivity index (χ2v) is 27.2. The lowest BCUT2D eigenvalue weighted by atomic mass is 9.96. The van der Waals surface area contributed by atoms with Gasteiger partial charge in [0.25, 0.3) is 0 Å². The van der Waals surface area contributed by atoms with Crippen LogP contribution in [0.2, 0.25) is 5.02 Å². The van der Waals surface area contributed by atoms with Crippen LogP contribution in [0.1, 0.15) is 60.8 Å². The summed E-state index contributed by atoms with van der Waals surface area (Å²) in [5, 5.41) is 11.5. The van der Waals surface area contributed by atoms with Crippen LogP contribution in [0.25, 0.3) is 22.4 Å². The van der Waals surface area contributed by atoms with Gasteiger partial charge in [-0.15, -0.1) is 11.8 Å². The number of piperazine rings is 1. The number of halogens is 1. The van der Waals surface area contributed by atoms with Crippen molar-refractivity contribution < 1.29 is 46.3 Å². The van der Waals surface area contributed by atoms with Gasteiger partial charge in [-0.1, -0.05) is 60.1 Å². The highest BCUT2D eigenvalue weighted by atomic mass is 35.5. The van der Waals surface area contributed by atoms with Crippen molar-refractivity contribution >= 4 is 76.9 Å². The number of anilines is 3. The number of carboxylic acids is 1. The number of hydrogen-bond acceptors (Lipinski definition) is 11. The number of aromatic nitrogens is 1. The monoisotopic (exact) mass is 1130 g/mol. The van der Waals surface area contributed by atoms with Gasteiger partial charge in [0.15, 0.2) is 9.84 Å². The predicted molar refractivity (Wildman–Crippen MR) is 305 cm³/mol. The second kappa shape index (κ2) is 23.6. The van der Waals surface area contributed by atoms with Crippen LogP contribution in [0.5, 0.6) is 0 Å². The average Bonchev–Trinajstić information content (AvgIpc) is 3.95. The molecule has 20 heteroatoms. The molecular formula is C56H66ClN5O10P2S2. The van der Waals surface area contributed by atoms with Gasteiger partial charge in [-0.05, 0) is 148 Å². The lowest BCUT2D eigenvalue weighted by Crippen LogP contribution is -2.46. The van der Waals surface area contributed by atoms with Crippen molar-refractivity contribution in [2.24, 2.45) is 5.92 Å². The minimum atomic E-state index is -4.56. The molecule has 6 aromatic rings. The zero-order valence-corrected chi connectivity index (χ0v) is 47.4. The first-order valence-electron chi connectivity index (χ1n) is 25.7. The number of carboxylic acid groups (broad SMARTS) is 1. The third-order valence-corrected chi connectivity index (χ3v) is 20.4.